The van der Waals surface area contributed by atoms with E-state index in [-0.39, 0.29) is 18.8 Å². The average Bonchev–Trinajstić information content (AvgIpc) is 2.67. The van der Waals surface area contributed by atoms with E-state index >= 15 is 0 Å². The van der Waals surface area contributed by atoms with Gasteiger partial charge in [-0.3, -0.25) is 14.3 Å². The van der Waals surface area contributed by atoms with E-state index in [9.17, 15) is 9.59 Å². The van der Waals surface area contributed by atoms with Gasteiger partial charge in [-0.05, 0) is 12.8 Å². The van der Waals surface area contributed by atoms with Gasteiger partial charge in [0.15, 0.2) is 0 Å². The van der Waals surface area contributed by atoms with Crippen LogP contribution in [0.5, 0.6) is 0 Å². The summed E-state index contributed by atoms with van der Waals surface area (Å²) in [5.41, 5.74) is -0.829. The number of nitrogens with one attached hydrogen (secondary N) is 1. The monoisotopic (exact) mass is 226 g/mol. The van der Waals surface area contributed by atoms with Gasteiger partial charge in [-0.15, -0.1) is 0 Å². The summed E-state index contributed by atoms with van der Waals surface area (Å²) in [4.78, 5) is 24.7. The second-order valence-electron chi connectivity index (χ2n) is 3.79. The van der Waals surface area contributed by atoms with Crippen LogP contribution in [0.4, 0.5) is 0 Å². The Kier molecular flexibility index (Phi) is 3.21. The quantitative estimate of drug-likeness (QED) is 0.710. The molecule has 1 saturated heterocycles. The van der Waals surface area contributed by atoms with Gasteiger partial charge in [0.1, 0.15) is 0 Å². The summed E-state index contributed by atoms with van der Waals surface area (Å²) in [5.74, 6) is 0. The van der Waals surface area contributed by atoms with Crippen LogP contribution in [0.15, 0.2) is 21.9 Å². The smallest absolute Gasteiger partial charge is 0.328 e. The Bertz CT molecular complexity index is 464. The molecule has 2 heterocycles. The molecular formula is C10H14N2O4. The number of aliphatic hydroxyl groups excluding tert-OH is 1. The van der Waals surface area contributed by atoms with Gasteiger partial charge < -0.3 is 9.84 Å². The Morgan fingerprint density at radius 2 is 2.38 bits per heavy atom. The summed E-state index contributed by atoms with van der Waals surface area (Å²) in [5, 5.41) is 8.88. The molecule has 6 nitrogen and oxygen atoms in total. The number of hydrogen-bond donors (Lipinski definition) is 2. The molecule has 0 radical (unpaired) electrons. The van der Waals surface area contributed by atoms with E-state index in [1.165, 1.54) is 16.8 Å². The Balaban J connectivity index is 2.29. The summed E-state index contributed by atoms with van der Waals surface area (Å²) in [6.07, 6.45) is 2.53. The van der Waals surface area contributed by atoms with Crippen LogP contribution in [0.25, 0.3) is 0 Å². The molecule has 0 saturated carbocycles. The SMILES string of the molecule is O=c1ccn(C2CCOC2CCO)c(=O)[nH]1. The molecule has 1 fully saturated rings. The molecule has 6 heteroatoms. The van der Waals surface area contributed by atoms with Crippen molar-refractivity contribution in [3.05, 3.63) is 33.1 Å². The lowest BCUT2D eigenvalue weighted by Gasteiger charge is -2.19. The zero-order valence-electron chi connectivity index (χ0n) is 8.76. The van der Waals surface area contributed by atoms with Crippen molar-refractivity contribution in [3.63, 3.8) is 0 Å². The highest BCUT2D eigenvalue weighted by Crippen LogP contribution is 2.26. The first-order chi connectivity index (χ1) is 7.72. The number of aliphatic hydroxyl groups is 1. The average molecular weight is 226 g/mol. The van der Waals surface area contributed by atoms with Crippen molar-refractivity contribution in [2.24, 2.45) is 0 Å². The third kappa shape index (κ3) is 2.07. The minimum atomic E-state index is -0.425. The molecule has 0 aliphatic carbocycles. The number of ether oxygens (including phenoxy) is 1. The molecule has 1 aromatic heterocycles. The summed E-state index contributed by atoms with van der Waals surface area (Å²) in [6.45, 7) is 0.597. The van der Waals surface area contributed by atoms with E-state index in [1.54, 1.807) is 0 Å². The third-order valence-electron chi connectivity index (χ3n) is 2.80. The molecule has 0 bridgehead atoms. The highest BCUT2D eigenvalue weighted by molar-refractivity contribution is 4.90. The molecule has 1 aliphatic heterocycles. The summed E-state index contributed by atoms with van der Waals surface area (Å²) in [6, 6.07) is 1.21. The van der Waals surface area contributed by atoms with Crippen molar-refractivity contribution in [1.82, 2.24) is 9.55 Å². The van der Waals surface area contributed by atoms with Gasteiger partial charge in [-0.1, -0.05) is 0 Å². The first kappa shape index (κ1) is 11.1. The number of H-pyrrole nitrogens is 1. The van der Waals surface area contributed by atoms with Gasteiger partial charge in [-0.2, -0.15) is 0 Å². The molecule has 2 unspecified atom stereocenters. The van der Waals surface area contributed by atoms with Crippen molar-refractivity contribution >= 4 is 0 Å². The van der Waals surface area contributed by atoms with E-state index in [4.69, 9.17) is 9.84 Å². The fraction of sp³-hybridized carbons (Fsp3) is 0.600. The molecular weight excluding hydrogens is 212 g/mol. The lowest BCUT2D eigenvalue weighted by Crippen LogP contribution is -2.34. The van der Waals surface area contributed by atoms with E-state index in [0.29, 0.717) is 13.0 Å². The standard InChI is InChI=1S/C10H14N2O4/c13-5-2-8-7(3-6-16-8)12-4-1-9(14)11-10(12)15/h1,4,7-8,13H,2-3,5-6H2,(H,11,14,15). The maximum Gasteiger partial charge on any atom is 0.328 e. The Morgan fingerprint density at radius 1 is 1.56 bits per heavy atom. The van der Waals surface area contributed by atoms with Gasteiger partial charge in [0, 0.05) is 25.5 Å². The van der Waals surface area contributed by atoms with Crippen molar-refractivity contribution < 1.29 is 9.84 Å². The predicted octanol–water partition coefficient (Wildman–Crippen LogP) is -0.751. The highest BCUT2D eigenvalue weighted by Gasteiger charge is 2.29. The zero-order valence-corrected chi connectivity index (χ0v) is 8.76. The lowest BCUT2D eigenvalue weighted by atomic mass is 10.1. The molecule has 2 rings (SSSR count). The van der Waals surface area contributed by atoms with Crippen LogP contribution in [-0.4, -0.2) is 34.0 Å². The van der Waals surface area contributed by atoms with Gasteiger partial charge in [0.25, 0.3) is 5.56 Å². The first-order valence-corrected chi connectivity index (χ1v) is 5.26. The number of aromatic amines is 1. The van der Waals surface area contributed by atoms with Crippen LogP contribution >= 0.6 is 0 Å². The second kappa shape index (κ2) is 4.63. The van der Waals surface area contributed by atoms with E-state index in [0.717, 1.165) is 6.42 Å². The number of aromatic nitrogens is 2. The number of nitrogens with zero attached hydrogens (tertiary/aromatic N) is 1. The van der Waals surface area contributed by atoms with Crippen LogP contribution in [0, 0.1) is 0 Å². The topological polar surface area (TPSA) is 84.3 Å². The maximum absolute atomic E-state index is 11.6. The molecule has 16 heavy (non-hydrogen) atoms. The summed E-state index contributed by atoms with van der Waals surface area (Å²) in [7, 11) is 0. The lowest BCUT2D eigenvalue weighted by molar-refractivity contribution is 0.0684. The van der Waals surface area contributed by atoms with E-state index < -0.39 is 11.2 Å². The molecule has 0 spiro atoms. The van der Waals surface area contributed by atoms with Gasteiger partial charge >= 0.3 is 5.69 Å². The molecule has 2 N–H and O–H groups in total. The van der Waals surface area contributed by atoms with Crippen LogP contribution in [0.2, 0.25) is 0 Å². The van der Waals surface area contributed by atoms with Crippen LogP contribution < -0.4 is 11.2 Å². The maximum atomic E-state index is 11.6. The van der Waals surface area contributed by atoms with Crippen molar-refractivity contribution in [2.75, 3.05) is 13.2 Å². The normalized spacial score (nSPS) is 24.8. The Hall–Kier alpha value is -1.40. The van der Waals surface area contributed by atoms with Gasteiger partial charge in [0.05, 0.1) is 12.1 Å². The molecule has 1 aromatic rings. The Labute approximate surface area is 91.5 Å². The van der Waals surface area contributed by atoms with Gasteiger partial charge in [-0.25, -0.2) is 4.79 Å². The zero-order chi connectivity index (χ0) is 11.5. The fourth-order valence-electron chi connectivity index (χ4n) is 2.05. The minimum absolute atomic E-state index is 0.0271. The van der Waals surface area contributed by atoms with Crippen molar-refractivity contribution in [3.8, 4) is 0 Å². The molecule has 2 atom stereocenters. The molecule has 0 amide bonds. The van der Waals surface area contributed by atoms with Gasteiger partial charge in [0.2, 0.25) is 0 Å². The van der Waals surface area contributed by atoms with Crippen LogP contribution in [-0.2, 0) is 4.74 Å². The van der Waals surface area contributed by atoms with E-state index in [2.05, 4.69) is 4.98 Å². The third-order valence-corrected chi connectivity index (χ3v) is 2.80. The van der Waals surface area contributed by atoms with E-state index in [1.807, 2.05) is 0 Å². The molecule has 1 aliphatic rings. The second-order valence-corrected chi connectivity index (χ2v) is 3.79. The largest absolute Gasteiger partial charge is 0.396 e. The molecule has 88 valence electrons. The summed E-state index contributed by atoms with van der Waals surface area (Å²) >= 11 is 0. The minimum Gasteiger partial charge on any atom is -0.396 e. The predicted molar refractivity (Wildman–Crippen MR) is 56.4 cm³/mol. The summed E-state index contributed by atoms with van der Waals surface area (Å²) < 4.78 is 6.90. The Morgan fingerprint density at radius 3 is 3.06 bits per heavy atom. The van der Waals surface area contributed by atoms with Crippen LogP contribution in [0.3, 0.4) is 0 Å². The fourth-order valence-corrected chi connectivity index (χ4v) is 2.05. The highest BCUT2D eigenvalue weighted by atomic mass is 16.5. The number of hydrogen-bond acceptors (Lipinski definition) is 4. The van der Waals surface area contributed by atoms with Crippen molar-refractivity contribution in [2.45, 2.75) is 25.0 Å². The van der Waals surface area contributed by atoms with Crippen LogP contribution in [0.1, 0.15) is 18.9 Å². The van der Waals surface area contributed by atoms with Crippen molar-refractivity contribution in [1.29, 1.82) is 0 Å². The molecule has 0 aromatic carbocycles. The first-order valence-electron chi connectivity index (χ1n) is 5.26. The number of rotatable bonds is 3.